The smallest absolute Gasteiger partial charge is 0.325 e. The van der Waals surface area contributed by atoms with Crippen LogP contribution in [0.2, 0.25) is 0 Å². The molecule has 0 bridgehead atoms. The number of ether oxygens (including phenoxy) is 2. The lowest BCUT2D eigenvalue weighted by atomic mass is 10.1. The number of amides is 3. The van der Waals surface area contributed by atoms with Gasteiger partial charge in [-0.1, -0.05) is 0 Å². The minimum absolute atomic E-state index is 0.139. The first kappa shape index (κ1) is 21.3. The van der Waals surface area contributed by atoms with Crippen molar-refractivity contribution in [1.29, 1.82) is 0 Å². The molecule has 1 fully saturated rings. The van der Waals surface area contributed by atoms with Crippen molar-refractivity contribution in [3.63, 3.8) is 0 Å². The molecular formula is C18H26N4O6S. The summed E-state index contributed by atoms with van der Waals surface area (Å²) in [6.07, 6.45) is 2.90. The van der Waals surface area contributed by atoms with Crippen LogP contribution >= 0.6 is 0 Å². The van der Waals surface area contributed by atoms with Crippen molar-refractivity contribution in [3.8, 4) is 11.5 Å². The van der Waals surface area contributed by atoms with Gasteiger partial charge in [0.2, 0.25) is 15.9 Å². The van der Waals surface area contributed by atoms with Crippen LogP contribution in [0, 0.1) is 0 Å². The van der Waals surface area contributed by atoms with E-state index in [2.05, 4.69) is 15.4 Å². The maximum Gasteiger partial charge on any atom is 0.325 e. The number of carbonyl (C=O) groups is 2. The first-order chi connectivity index (χ1) is 13.8. The predicted octanol–water partition coefficient (Wildman–Crippen LogP) is 0.510. The molecule has 1 aromatic carbocycles. The normalized spacial score (nSPS) is 19.4. The van der Waals surface area contributed by atoms with E-state index in [4.69, 9.17) is 9.47 Å². The van der Waals surface area contributed by atoms with Gasteiger partial charge >= 0.3 is 6.03 Å². The van der Waals surface area contributed by atoms with Gasteiger partial charge in [0.05, 0.1) is 6.26 Å². The Bertz CT molecular complexity index is 860. The summed E-state index contributed by atoms with van der Waals surface area (Å²) in [6.45, 7) is 2.71. The summed E-state index contributed by atoms with van der Waals surface area (Å²) in [5, 5.41) is 4.90. The van der Waals surface area contributed by atoms with Gasteiger partial charge in [-0.25, -0.2) is 17.9 Å². The SMILES string of the molecule is CS(=O)(=O)NC1CCCN(CCC(=O)NC(=O)Nc2ccc3c(c2)OCCO3)C1. The molecule has 1 saturated heterocycles. The summed E-state index contributed by atoms with van der Waals surface area (Å²) in [4.78, 5) is 26.1. The van der Waals surface area contributed by atoms with E-state index in [-0.39, 0.29) is 12.5 Å². The van der Waals surface area contributed by atoms with Crippen LogP contribution in [0.5, 0.6) is 11.5 Å². The minimum atomic E-state index is -3.26. The van der Waals surface area contributed by atoms with Gasteiger partial charge in [0.1, 0.15) is 13.2 Å². The number of hydrogen-bond acceptors (Lipinski definition) is 7. The Morgan fingerprint density at radius 2 is 1.97 bits per heavy atom. The third kappa shape index (κ3) is 6.87. The number of likely N-dealkylation sites (tertiary alicyclic amines) is 1. The third-order valence-electron chi connectivity index (χ3n) is 4.59. The van der Waals surface area contributed by atoms with Crippen molar-refractivity contribution >= 4 is 27.6 Å². The Hall–Kier alpha value is -2.37. The van der Waals surface area contributed by atoms with Gasteiger partial charge in [0.25, 0.3) is 0 Å². The number of fused-ring (bicyclic) bond motifs is 1. The molecular weight excluding hydrogens is 400 g/mol. The first-order valence-corrected chi connectivity index (χ1v) is 11.4. The Balaban J connectivity index is 1.41. The van der Waals surface area contributed by atoms with Crippen molar-refractivity contribution in [2.75, 3.05) is 44.4 Å². The fraction of sp³-hybridized carbons (Fsp3) is 0.556. The molecule has 3 amide bonds. The molecule has 2 aliphatic rings. The first-order valence-electron chi connectivity index (χ1n) is 9.48. The topological polar surface area (TPSA) is 126 Å². The van der Waals surface area contributed by atoms with Crippen molar-refractivity contribution in [1.82, 2.24) is 14.9 Å². The van der Waals surface area contributed by atoms with Gasteiger partial charge < -0.3 is 19.7 Å². The molecule has 0 aromatic heterocycles. The summed E-state index contributed by atoms with van der Waals surface area (Å²) in [6, 6.07) is 4.23. The Morgan fingerprint density at radius 1 is 1.21 bits per heavy atom. The number of carbonyl (C=O) groups excluding carboxylic acids is 2. The van der Waals surface area contributed by atoms with E-state index in [0.717, 1.165) is 25.6 Å². The Labute approximate surface area is 170 Å². The average Bonchev–Trinajstić information content (AvgIpc) is 2.65. The lowest BCUT2D eigenvalue weighted by Gasteiger charge is -2.32. The summed E-state index contributed by atoms with van der Waals surface area (Å²) in [5.41, 5.74) is 0.491. The van der Waals surface area contributed by atoms with Crippen LogP contribution < -0.4 is 24.8 Å². The standard InChI is InChI=1S/C18H26N4O6S/c1-29(25,26)21-14-3-2-7-22(12-14)8-6-17(23)20-18(24)19-13-4-5-15-16(11-13)28-10-9-27-15/h4-5,11,14,21H,2-3,6-10,12H2,1H3,(H2,19,20,23,24). The fourth-order valence-electron chi connectivity index (χ4n) is 3.39. The number of rotatable bonds is 6. The Morgan fingerprint density at radius 3 is 2.72 bits per heavy atom. The number of nitrogens with zero attached hydrogens (tertiary/aromatic N) is 1. The summed E-state index contributed by atoms with van der Waals surface area (Å²) >= 11 is 0. The summed E-state index contributed by atoms with van der Waals surface area (Å²) in [5.74, 6) is 0.754. The van der Waals surface area contributed by atoms with Gasteiger partial charge in [-0.2, -0.15) is 0 Å². The van der Waals surface area contributed by atoms with E-state index in [9.17, 15) is 18.0 Å². The van der Waals surface area contributed by atoms with E-state index < -0.39 is 22.0 Å². The predicted molar refractivity (Wildman–Crippen MR) is 107 cm³/mol. The fourth-order valence-corrected chi connectivity index (χ4v) is 4.19. The van der Waals surface area contributed by atoms with Crippen molar-refractivity contribution in [3.05, 3.63) is 18.2 Å². The number of piperidine rings is 1. The van der Waals surface area contributed by atoms with Crippen molar-refractivity contribution in [2.45, 2.75) is 25.3 Å². The number of anilines is 1. The zero-order valence-electron chi connectivity index (χ0n) is 16.3. The molecule has 0 saturated carbocycles. The lowest BCUT2D eigenvalue weighted by Crippen LogP contribution is -2.48. The third-order valence-corrected chi connectivity index (χ3v) is 5.36. The zero-order chi connectivity index (χ0) is 20.9. The molecule has 2 heterocycles. The van der Waals surface area contributed by atoms with Crippen LogP contribution in [-0.2, 0) is 14.8 Å². The molecule has 2 aliphatic heterocycles. The number of nitrogens with one attached hydrogen (secondary N) is 3. The zero-order valence-corrected chi connectivity index (χ0v) is 17.1. The largest absolute Gasteiger partial charge is 0.486 e. The highest BCUT2D eigenvalue weighted by atomic mass is 32.2. The highest BCUT2D eigenvalue weighted by molar-refractivity contribution is 7.88. The van der Waals surface area contributed by atoms with Crippen LogP contribution in [0.1, 0.15) is 19.3 Å². The summed E-state index contributed by atoms with van der Waals surface area (Å²) in [7, 11) is -3.26. The van der Waals surface area contributed by atoms with E-state index in [1.807, 2.05) is 4.90 Å². The number of urea groups is 1. The Kier molecular flexibility index (Phi) is 6.93. The van der Waals surface area contributed by atoms with Gasteiger partial charge in [-0.15, -0.1) is 0 Å². The monoisotopic (exact) mass is 426 g/mol. The highest BCUT2D eigenvalue weighted by Gasteiger charge is 2.23. The van der Waals surface area contributed by atoms with Crippen LogP contribution in [0.15, 0.2) is 18.2 Å². The highest BCUT2D eigenvalue weighted by Crippen LogP contribution is 2.32. The molecule has 1 aromatic rings. The number of sulfonamides is 1. The second kappa shape index (κ2) is 9.42. The van der Waals surface area contributed by atoms with Crippen molar-refractivity contribution < 1.29 is 27.5 Å². The van der Waals surface area contributed by atoms with E-state index in [0.29, 0.717) is 43.5 Å². The van der Waals surface area contributed by atoms with Gasteiger partial charge in [0, 0.05) is 37.3 Å². The molecule has 10 nitrogen and oxygen atoms in total. The lowest BCUT2D eigenvalue weighted by molar-refractivity contribution is -0.120. The molecule has 3 N–H and O–H groups in total. The van der Waals surface area contributed by atoms with E-state index in [1.54, 1.807) is 18.2 Å². The minimum Gasteiger partial charge on any atom is -0.486 e. The number of benzene rings is 1. The van der Waals surface area contributed by atoms with E-state index in [1.165, 1.54) is 0 Å². The maximum absolute atomic E-state index is 12.1. The van der Waals surface area contributed by atoms with Gasteiger partial charge in [-0.3, -0.25) is 10.1 Å². The van der Waals surface area contributed by atoms with Gasteiger partial charge in [-0.05, 0) is 31.5 Å². The van der Waals surface area contributed by atoms with Crippen LogP contribution in [0.4, 0.5) is 10.5 Å². The molecule has 11 heteroatoms. The van der Waals surface area contributed by atoms with Gasteiger partial charge in [0.15, 0.2) is 11.5 Å². The average molecular weight is 426 g/mol. The van der Waals surface area contributed by atoms with Crippen LogP contribution in [-0.4, -0.2) is 70.4 Å². The van der Waals surface area contributed by atoms with Crippen LogP contribution in [0.25, 0.3) is 0 Å². The molecule has 1 atom stereocenters. The second-order valence-electron chi connectivity index (χ2n) is 7.14. The molecule has 0 radical (unpaired) electrons. The second-order valence-corrected chi connectivity index (χ2v) is 8.92. The summed E-state index contributed by atoms with van der Waals surface area (Å²) < 4.78 is 36.2. The quantitative estimate of drug-likeness (QED) is 0.605. The molecule has 1 unspecified atom stereocenters. The molecule has 160 valence electrons. The maximum atomic E-state index is 12.1. The molecule has 0 spiro atoms. The molecule has 3 rings (SSSR count). The van der Waals surface area contributed by atoms with Crippen LogP contribution in [0.3, 0.4) is 0 Å². The van der Waals surface area contributed by atoms with E-state index >= 15 is 0 Å². The number of imide groups is 1. The van der Waals surface area contributed by atoms with Crippen molar-refractivity contribution in [2.24, 2.45) is 0 Å². The molecule has 0 aliphatic carbocycles. The number of hydrogen-bond donors (Lipinski definition) is 3. The molecule has 29 heavy (non-hydrogen) atoms.